The van der Waals surface area contributed by atoms with Gasteiger partial charge in [-0.05, 0) is 37.6 Å². The molecule has 0 aromatic heterocycles. The summed E-state index contributed by atoms with van der Waals surface area (Å²) >= 11 is 0. The van der Waals surface area contributed by atoms with Gasteiger partial charge >= 0.3 is 0 Å². The standard InChI is InChI=1S/C16H25N3/c1-3-11-18-13-15(2)14-19(12-7-10-17)16-8-5-4-6-9-16/h4-6,8-9,15,18H,3,7,11-14H2,1-2H3. The zero-order chi connectivity index (χ0) is 13.9. The zero-order valence-corrected chi connectivity index (χ0v) is 12.1. The SMILES string of the molecule is CCCNCC(C)CN(CCC#N)c1ccccc1. The van der Waals surface area contributed by atoms with Crippen molar-refractivity contribution in [1.29, 1.82) is 5.26 Å². The molecule has 1 aromatic carbocycles. The van der Waals surface area contributed by atoms with Crippen LogP contribution in [0.4, 0.5) is 5.69 Å². The Bertz CT molecular complexity index is 369. The Morgan fingerprint density at radius 3 is 2.68 bits per heavy atom. The van der Waals surface area contributed by atoms with Crippen LogP contribution in [0.2, 0.25) is 0 Å². The van der Waals surface area contributed by atoms with E-state index in [0.29, 0.717) is 12.3 Å². The molecule has 0 saturated carbocycles. The number of nitrogens with zero attached hydrogens (tertiary/aromatic N) is 2. The van der Waals surface area contributed by atoms with Gasteiger partial charge in [-0.2, -0.15) is 5.26 Å². The van der Waals surface area contributed by atoms with Gasteiger partial charge in [0.05, 0.1) is 12.5 Å². The summed E-state index contributed by atoms with van der Waals surface area (Å²) in [5, 5.41) is 12.2. The monoisotopic (exact) mass is 259 g/mol. The molecule has 0 fully saturated rings. The van der Waals surface area contributed by atoms with Crippen molar-refractivity contribution < 1.29 is 0 Å². The summed E-state index contributed by atoms with van der Waals surface area (Å²) in [7, 11) is 0. The van der Waals surface area contributed by atoms with E-state index in [1.807, 2.05) is 6.07 Å². The second-order valence-corrected chi connectivity index (χ2v) is 5.00. The van der Waals surface area contributed by atoms with Crippen LogP contribution in [0.1, 0.15) is 26.7 Å². The predicted molar refractivity (Wildman–Crippen MR) is 81.2 cm³/mol. The van der Waals surface area contributed by atoms with E-state index in [1.54, 1.807) is 0 Å². The van der Waals surface area contributed by atoms with E-state index < -0.39 is 0 Å². The van der Waals surface area contributed by atoms with Crippen LogP contribution in [0.3, 0.4) is 0 Å². The van der Waals surface area contributed by atoms with Gasteiger partial charge in [-0.1, -0.05) is 32.0 Å². The topological polar surface area (TPSA) is 39.1 Å². The van der Waals surface area contributed by atoms with Crippen molar-refractivity contribution in [2.75, 3.05) is 31.1 Å². The molecule has 0 spiro atoms. The Labute approximate surface area is 117 Å². The van der Waals surface area contributed by atoms with Crippen LogP contribution >= 0.6 is 0 Å². The molecule has 1 atom stereocenters. The number of benzene rings is 1. The Kier molecular flexibility index (Phi) is 7.69. The molecule has 0 aliphatic carbocycles. The Morgan fingerprint density at radius 1 is 1.32 bits per heavy atom. The van der Waals surface area contributed by atoms with E-state index in [0.717, 1.165) is 26.2 Å². The summed E-state index contributed by atoms with van der Waals surface area (Å²) in [5.74, 6) is 0.574. The molecule has 0 aliphatic heterocycles. The van der Waals surface area contributed by atoms with Gasteiger partial charge in [0, 0.05) is 18.8 Å². The van der Waals surface area contributed by atoms with E-state index >= 15 is 0 Å². The molecule has 3 nitrogen and oxygen atoms in total. The van der Waals surface area contributed by atoms with Gasteiger partial charge in [0.25, 0.3) is 0 Å². The van der Waals surface area contributed by atoms with E-state index in [4.69, 9.17) is 5.26 Å². The Morgan fingerprint density at radius 2 is 2.05 bits per heavy atom. The molecule has 0 amide bonds. The summed E-state index contributed by atoms with van der Waals surface area (Å²) in [4.78, 5) is 2.31. The van der Waals surface area contributed by atoms with Gasteiger partial charge < -0.3 is 10.2 Å². The minimum atomic E-state index is 0.573. The Balaban J connectivity index is 2.52. The van der Waals surface area contributed by atoms with Crippen molar-refractivity contribution in [2.45, 2.75) is 26.7 Å². The molecule has 1 N–H and O–H groups in total. The zero-order valence-electron chi connectivity index (χ0n) is 12.1. The first-order valence-corrected chi connectivity index (χ1v) is 7.15. The van der Waals surface area contributed by atoms with E-state index in [1.165, 1.54) is 12.1 Å². The molecule has 0 aliphatic rings. The molecule has 0 radical (unpaired) electrons. The summed E-state index contributed by atoms with van der Waals surface area (Å²) in [6, 6.07) is 12.6. The number of anilines is 1. The highest BCUT2D eigenvalue weighted by Gasteiger charge is 2.10. The lowest BCUT2D eigenvalue weighted by Gasteiger charge is -2.27. The molecule has 0 heterocycles. The summed E-state index contributed by atoms with van der Waals surface area (Å²) in [6.45, 7) is 8.34. The van der Waals surface area contributed by atoms with Gasteiger partial charge in [0.15, 0.2) is 0 Å². The fraction of sp³-hybridized carbons (Fsp3) is 0.562. The van der Waals surface area contributed by atoms with Gasteiger partial charge in [0.2, 0.25) is 0 Å². The summed E-state index contributed by atoms with van der Waals surface area (Å²) in [5.41, 5.74) is 1.21. The van der Waals surface area contributed by atoms with Crippen molar-refractivity contribution >= 4 is 5.69 Å². The molecule has 1 unspecified atom stereocenters. The van der Waals surface area contributed by atoms with Crippen LogP contribution in [0.25, 0.3) is 0 Å². The highest BCUT2D eigenvalue weighted by atomic mass is 15.1. The third kappa shape index (κ3) is 6.26. The number of para-hydroxylation sites is 1. The van der Waals surface area contributed by atoms with Crippen molar-refractivity contribution in [1.82, 2.24) is 5.32 Å². The fourth-order valence-electron chi connectivity index (χ4n) is 2.12. The third-order valence-corrected chi connectivity index (χ3v) is 3.07. The van der Waals surface area contributed by atoms with Crippen LogP contribution in [-0.4, -0.2) is 26.2 Å². The second kappa shape index (κ2) is 9.41. The molecule has 0 saturated heterocycles. The molecular formula is C16H25N3. The van der Waals surface area contributed by atoms with Crippen LogP contribution in [0, 0.1) is 17.2 Å². The molecule has 19 heavy (non-hydrogen) atoms. The van der Waals surface area contributed by atoms with Crippen LogP contribution < -0.4 is 10.2 Å². The number of nitriles is 1. The first-order valence-electron chi connectivity index (χ1n) is 7.15. The third-order valence-electron chi connectivity index (χ3n) is 3.07. The van der Waals surface area contributed by atoms with Crippen molar-refractivity contribution in [3.05, 3.63) is 30.3 Å². The lowest BCUT2D eigenvalue weighted by atomic mass is 10.1. The number of hydrogen-bond donors (Lipinski definition) is 1. The van der Waals surface area contributed by atoms with Gasteiger partial charge in [-0.25, -0.2) is 0 Å². The summed E-state index contributed by atoms with van der Waals surface area (Å²) in [6.07, 6.45) is 1.74. The smallest absolute Gasteiger partial charge is 0.0640 e. The number of nitrogens with one attached hydrogen (secondary N) is 1. The average Bonchev–Trinajstić information content (AvgIpc) is 2.44. The molecule has 104 valence electrons. The van der Waals surface area contributed by atoms with E-state index in [-0.39, 0.29) is 0 Å². The highest BCUT2D eigenvalue weighted by molar-refractivity contribution is 5.46. The van der Waals surface area contributed by atoms with Gasteiger partial charge in [-0.15, -0.1) is 0 Å². The first-order chi connectivity index (χ1) is 9.27. The normalized spacial score (nSPS) is 11.8. The van der Waals surface area contributed by atoms with Gasteiger partial charge in [-0.3, -0.25) is 0 Å². The van der Waals surface area contributed by atoms with Crippen molar-refractivity contribution in [2.24, 2.45) is 5.92 Å². The number of rotatable bonds is 9. The maximum Gasteiger partial charge on any atom is 0.0640 e. The summed E-state index contributed by atoms with van der Waals surface area (Å²) < 4.78 is 0. The van der Waals surface area contributed by atoms with Crippen LogP contribution in [0.5, 0.6) is 0 Å². The second-order valence-electron chi connectivity index (χ2n) is 5.00. The predicted octanol–water partition coefficient (Wildman–Crippen LogP) is 3.04. The lowest BCUT2D eigenvalue weighted by Crippen LogP contribution is -2.34. The minimum Gasteiger partial charge on any atom is -0.370 e. The molecule has 3 heteroatoms. The lowest BCUT2D eigenvalue weighted by molar-refractivity contribution is 0.504. The molecule has 0 bridgehead atoms. The molecule has 1 rings (SSSR count). The van der Waals surface area contributed by atoms with E-state index in [9.17, 15) is 0 Å². The highest BCUT2D eigenvalue weighted by Crippen LogP contribution is 2.15. The van der Waals surface area contributed by atoms with Crippen molar-refractivity contribution in [3.8, 4) is 6.07 Å². The van der Waals surface area contributed by atoms with Crippen LogP contribution in [0.15, 0.2) is 30.3 Å². The largest absolute Gasteiger partial charge is 0.370 e. The van der Waals surface area contributed by atoms with Gasteiger partial charge in [0.1, 0.15) is 0 Å². The minimum absolute atomic E-state index is 0.573. The quantitative estimate of drug-likeness (QED) is 0.693. The maximum atomic E-state index is 8.78. The average molecular weight is 259 g/mol. The molecular weight excluding hydrogens is 234 g/mol. The van der Waals surface area contributed by atoms with Crippen molar-refractivity contribution in [3.63, 3.8) is 0 Å². The van der Waals surface area contributed by atoms with E-state index in [2.05, 4.69) is 54.4 Å². The molecule has 1 aromatic rings. The Hall–Kier alpha value is -1.53. The first kappa shape index (κ1) is 15.5. The number of hydrogen-bond acceptors (Lipinski definition) is 3. The fourth-order valence-corrected chi connectivity index (χ4v) is 2.12. The van der Waals surface area contributed by atoms with Crippen LogP contribution in [-0.2, 0) is 0 Å². The maximum absolute atomic E-state index is 8.78.